The van der Waals surface area contributed by atoms with Crippen LogP contribution in [0.25, 0.3) is 0 Å². The van der Waals surface area contributed by atoms with Crippen LogP contribution in [0.1, 0.15) is 18.4 Å². The van der Waals surface area contributed by atoms with Crippen LogP contribution in [0, 0.1) is 0 Å². The van der Waals surface area contributed by atoms with Gasteiger partial charge in [0.2, 0.25) is 0 Å². The zero-order valence-electron chi connectivity index (χ0n) is 10.1. The number of halogens is 3. The van der Waals surface area contributed by atoms with E-state index in [2.05, 4.69) is 5.43 Å². The monoisotopic (exact) mass is 262 g/mol. The van der Waals surface area contributed by atoms with Crippen molar-refractivity contribution in [2.45, 2.75) is 31.5 Å². The van der Waals surface area contributed by atoms with Crippen molar-refractivity contribution < 1.29 is 17.9 Å². The summed E-state index contributed by atoms with van der Waals surface area (Å²) < 4.78 is 41.6. The first-order valence-corrected chi connectivity index (χ1v) is 5.61. The van der Waals surface area contributed by atoms with Gasteiger partial charge in [-0.2, -0.15) is 13.2 Å². The summed E-state index contributed by atoms with van der Waals surface area (Å²) in [7, 11) is 1.53. The zero-order valence-corrected chi connectivity index (χ0v) is 10.1. The molecule has 0 fully saturated rings. The van der Waals surface area contributed by atoms with Crippen LogP contribution in [0.3, 0.4) is 0 Å². The van der Waals surface area contributed by atoms with Crippen LogP contribution < -0.4 is 16.0 Å². The number of para-hydroxylation sites is 1. The number of hydrogen-bond donors (Lipinski definition) is 2. The maximum atomic E-state index is 12.1. The lowest BCUT2D eigenvalue weighted by Crippen LogP contribution is -2.37. The molecule has 0 saturated heterocycles. The Kier molecular flexibility index (Phi) is 5.43. The summed E-state index contributed by atoms with van der Waals surface area (Å²) in [6.07, 6.45) is -4.67. The topological polar surface area (TPSA) is 47.3 Å². The number of methoxy groups -OCH3 is 1. The molecule has 0 aliphatic rings. The van der Waals surface area contributed by atoms with Gasteiger partial charge in [0.05, 0.1) is 7.11 Å². The highest BCUT2D eigenvalue weighted by atomic mass is 19.4. The van der Waals surface area contributed by atoms with Gasteiger partial charge in [0.1, 0.15) is 5.75 Å². The molecule has 0 aliphatic heterocycles. The SMILES string of the molecule is COc1ccccc1CC(CCC(F)(F)F)NN. The molecule has 18 heavy (non-hydrogen) atoms. The number of alkyl halides is 3. The molecule has 1 aromatic rings. The van der Waals surface area contributed by atoms with Gasteiger partial charge in [0.15, 0.2) is 0 Å². The predicted octanol–water partition coefficient (Wildman–Crippen LogP) is 2.41. The minimum absolute atomic E-state index is 0.0575. The number of hydrogen-bond acceptors (Lipinski definition) is 3. The number of hydrazine groups is 1. The van der Waals surface area contributed by atoms with E-state index in [1.807, 2.05) is 18.2 Å². The summed E-state index contributed by atoms with van der Waals surface area (Å²) in [4.78, 5) is 0. The summed E-state index contributed by atoms with van der Waals surface area (Å²) in [6.45, 7) is 0. The second-order valence-corrected chi connectivity index (χ2v) is 4.03. The van der Waals surface area contributed by atoms with Crippen LogP contribution >= 0.6 is 0 Å². The van der Waals surface area contributed by atoms with Gasteiger partial charge in [-0.05, 0) is 24.5 Å². The quantitative estimate of drug-likeness (QED) is 0.611. The van der Waals surface area contributed by atoms with Gasteiger partial charge in [-0.3, -0.25) is 11.3 Å². The molecular weight excluding hydrogens is 245 g/mol. The highest BCUT2D eigenvalue weighted by molar-refractivity contribution is 5.33. The van der Waals surface area contributed by atoms with Crippen LogP contribution in [0.2, 0.25) is 0 Å². The average Bonchev–Trinajstić information content (AvgIpc) is 2.33. The van der Waals surface area contributed by atoms with Crippen molar-refractivity contribution in [3.8, 4) is 5.75 Å². The Balaban J connectivity index is 2.62. The summed E-state index contributed by atoms with van der Waals surface area (Å²) in [6, 6.07) is 6.78. The van der Waals surface area contributed by atoms with Gasteiger partial charge in [-0.25, -0.2) is 0 Å². The summed E-state index contributed by atoms with van der Waals surface area (Å²) in [5.74, 6) is 5.94. The zero-order chi connectivity index (χ0) is 13.6. The third-order valence-electron chi connectivity index (χ3n) is 2.67. The molecule has 0 heterocycles. The van der Waals surface area contributed by atoms with Crippen LogP contribution in [0.5, 0.6) is 5.75 Å². The molecule has 0 aromatic heterocycles. The van der Waals surface area contributed by atoms with E-state index in [9.17, 15) is 13.2 Å². The van der Waals surface area contributed by atoms with Crippen LogP contribution in [-0.4, -0.2) is 19.3 Å². The normalized spacial score (nSPS) is 13.4. The molecule has 0 bridgehead atoms. The van der Waals surface area contributed by atoms with Crippen molar-refractivity contribution >= 4 is 0 Å². The standard InChI is InChI=1S/C12H17F3N2O/c1-18-11-5-3-2-4-9(11)8-10(17-16)6-7-12(13,14)15/h2-5,10,17H,6-8,16H2,1H3. The third kappa shape index (κ3) is 4.93. The van der Waals surface area contributed by atoms with Gasteiger partial charge in [-0.15, -0.1) is 0 Å². The number of nitrogens with two attached hydrogens (primary N) is 1. The van der Waals surface area contributed by atoms with E-state index in [1.54, 1.807) is 6.07 Å². The second kappa shape index (κ2) is 6.61. The molecule has 6 heteroatoms. The Morgan fingerprint density at radius 2 is 2.00 bits per heavy atom. The summed E-state index contributed by atoms with van der Waals surface area (Å²) in [5, 5.41) is 0. The van der Waals surface area contributed by atoms with E-state index in [-0.39, 0.29) is 6.42 Å². The van der Waals surface area contributed by atoms with E-state index in [4.69, 9.17) is 10.6 Å². The molecule has 0 spiro atoms. The van der Waals surface area contributed by atoms with Crippen molar-refractivity contribution in [3.63, 3.8) is 0 Å². The van der Waals surface area contributed by atoms with E-state index in [0.717, 1.165) is 5.56 Å². The molecule has 1 rings (SSSR count). The second-order valence-electron chi connectivity index (χ2n) is 4.03. The van der Waals surface area contributed by atoms with E-state index in [0.29, 0.717) is 12.2 Å². The molecule has 0 saturated carbocycles. The van der Waals surface area contributed by atoms with Gasteiger partial charge in [0, 0.05) is 12.5 Å². The van der Waals surface area contributed by atoms with E-state index >= 15 is 0 Å². The summed E-state index contributed by atoms with van der Waals surface area (Å²) in [5.41, 5.74) is 3.26. The number of benzene rings is 1. The first kappa shape index (κ1) is 14.8. The molecule has 0 amide bonds. The van der Waals surface area contributed by atoms with Gasteiger partial charge in [-0.1, -0.05) is 18.2 Å². The third-order valence-corrected chi connectivity index (χ3v) is 2.67. The highest BCUT2D eigenvalue weighted by Gasteiger charge is 2.28. The fraction of sp³-hybridized carbons (Fsp3) is 0.500. The molecule has 3 N–H and O–H groups in total. The number of ether oxygens (including phenoxy) is 1. The first-order valence-electron chi connectivity index (χ1n) is 5.61. The molecule has 1 atom stereocenters. The highest BCUT2D eigenvalue weighted by Crippen LogP contribution is 2.24. The fourth-order valence-corrected chi connectivity index (χ4v) is 1.72. The van der Waals surface area contributed by atoms with Crippen molar-refractivity contribution in [1.29, 1.82) is 0 Å². The lowest BCUT2D eigenvalue weighted by atomic mass is 10.0. The maximum absolute atomic E-state index is 12.1. The maximum Gasteiger partial charge on any atom is 0.389 e. The number of nitrogens with one attached hydrogen (secondary N) is 1. The Hall–Kier alpha value is -1.27. The Labute approximate surface area is 104 Å². The summed E-state index contributed by atoms with van der Waals surface area (Å²) >= 11 is 0. The predicted molar refractivity (Wildman–Crippen MR) is 63.1 cm³/mol. The molecule has 3 nitrogen and oxygen atoms in total. The minimum atomic E-state index is -4.16. The lowest BCUT2D eigenvalue weighted by molar-refractivity contribution is -0.136. The number of rotatable bonds is 6. The van der Waals surface area contributed by atoms with Gasteiger partial charge in [0.25, 0.3) is 0 Å². The molecule has 102 valence electrons. The van der Waals surface area contributed by atoms with Crippen molar-refractivity contribution in [2.75, 3.05) is 7.11 Å². The van der Waals surface area contributed by atoms with E-state index < -0.39 is 18.6 Å². The molecule has 0 radical (unpaired) electrons. The average molecular weight is 262 g/mol. The van der Waals surface area contributed by atoms with Crippen LogP contribution in [0.4, 0.5) is 13.2 Å². The van der Waals surface area contributed by atoms with Crippen molar-refractivity contribution in [2.24, 2.45) is 5.84 Å². The Morgan fingerprint density at radius 1 is 1.33 bits per heavy atom. The lowest BCUT2D eigenvalue weighted by Gasteiger charge is -2.18. The Morgan fingerprint density at radius 3 is 2.56 bits per heavy atom. The Bertz CT molecular complexity index is 369. The molecule has 1 aromatic carbocycles. The first-order chi connectivity index (χ1) is 8.46. The largest absolute Gasteiger partial charge is 0.496 e. The van der Waals surface area contributed by atoms with Crippen molar-refractivity contribution in [3.05, 3.63) is 29.8 Å². The van der Waals surface area contributed by atoms with Crippen LogP contribution in [0.15, 0.2) is 24.3 Å². The van der Waals surface area contributed by atoms with Gasteiger partial charge >= 0.3 is 6.18 Å². The minimum Gasteiger partial charge on any atom is -0.496 e. The van der Waals surface area contributed by atoms with E-state index in [1.165, 1.54) is 7.11 Å². The smallest absolute Gasteiger partial charge is 0.389 e. The van der Waals surface area contributed by atoms with Gasteiger partial charge < -0.3 is 4.74 Å². The van der Waals surface area contributed by atoms with Crippen molar-refractivity contribution in [1.82, 2.24) is 5.43 Å². The molecular formula is C12H17F3N2O. The van der Waals surface area contributed by atoms with Crippen LogP contribution in [-0.2, 0) is 6.42 Å². The molecule has 1 unspecified atom stereocenters. The molecule has 0 aliphatic carbocycles. The fourth-order valence-electron chi connectivity index (χ4n) is 1.72.